The SMILES string of the molecule is Cc1ccccc1-c1nc(-c2ccc(NC(=O)CCC(=O)c3ccc4c(c3)CCCC4)cc2)cs1. The first kappa shape index (κ1) is 23.2. The predicted molar refractivity (Wildman–Crippen MR) is 143 cm³/mol. The van der Waals surface area contributed by atoms with Gasteiger partial charge < -0.3 is 5.32 Å². The Morgan fingerprint density at radius 3 is 2.49 bits per heavy atom. The van der Waals surface area contributed by atoms with Gasteiger partial charge in [-0.05, 0) is 67.5 Å². The van der Waals surface area contributed by atoms with Crippen LogP contribution >= 0.6 is 11.3 Å². The highest BCUT2D eigenvalue weighted by Crippen LogP contribution is 2.31. The lowest BCUT2D eigenvalue weighted by atomic mass is 9.89. The van der Waals surface area contributed by atoms with Crippen molar-refractivity contribution in [2.75, 3.05) is 5.32 Å². The Hall–Kier alpha value is -3.57. The highest BCUT2D eigenvalue weighted by Gasteiger charge is 2.14. The third-order valence-corrected chi connectivity index (χ3v) is 7.47. The summed E-state index contributed by atoms with van der Waals surface area (Å²) >= 11 is 1.63. The van der Waals surface area contributed by atoms with Gasteiger partial charge in [0.1, 0.15) is 5.01 Å². The zero-order valence-electron chi connectivity index (χ0n) is 19.8. The maximum absolute atomic E-state index is 12.6. The molecule has 4 aromatic rings. The molecule has 1 N–H and O–H groups in total. The van der Waals surface area contributed by atoms with E-state index in [9.17, 15) is 9.59 Å². The smallest absolute Gasteiger partial charge is 0.224 e. The molecule has 0 aliphatic heterocycles. The minimum Gasteiger partial charge on any atom is -0.326 e. The molecular weight excluding hydrogens is 452 g/mol. The minimum absolute atomic E-state index is 0.0249. The summed E-state index contributed by atoms with van der Waals surface area (Å²) in [7, 11) is 0. The molecule has 0 unspecified atom stereocenters. The van der Waals surface area contributed by atoms with E-state index in [1.807, 2.05) is 48.5 Å². The fourth-order valence-corrected chi connectivity index (χ4v) is 5.49. The van der Waals surface area contributed by atoms with Gasteiger partial charge >= 0.3 is 0 Å². The number of Topliss-reactive ketones (excluding diaryl/α,β-unsaturated/α-hetero) is 1. The molecule has 4 nitrogen and oxygen atoms in total. The number of fused-ring (bicyclic) bond motifs is 1. The molecule has 35 heavy (non-hydrogen) atoms. The topological polar surface area (TPSA) is 59.1 Å². The van der Waals surface area contributed by atoms with E-state index in [2.05, 4.69) is 35.8 Å². The maximum Gasteiger partial charge on any atom is 0.224 e. The Bertz CT molecular complexity index is 1370. The molecule has 1 aliphatic carbocycles. The van der Waals surface area contributed by atoms with Crippen molar-refractivity contribution >= 4 is 28.7 Å². The number of benzene rings is 3. The standard InChI is InChI=1S/C30H28N2O2S/c1-20-6-2-5-9-26(20)30-32-27(19-35-30)22-12-14-25(15-13-22)31-29(34)17-16-28(33)24-11-10-21-7-3-4-8-23(21)18-24/h2,5-6,9-15,18-19H,3-4,7-8,16-17H2,1H3,(H,31,34). The summed E-state index contributed by atoms with van der Waals surface area (Å²) in [5.74, 6) is -0.128. The molecule has 1 amide bonds. The van der Waals surface area contributed by atoms with Crippen LogP contribution in [0.4, 0.5) is 5.69 Å². The van der Waals surface area contributed by atoms with Crippen molar-refractivity contribution in [3.8, 4) is 21.8 Å². The van der Waals surface area contributed by atoms with Crippen molar-refractivity contribution in [2.24, 2.45) is 0 Å². The highest BCUT2D eigenvalue weighted by molar-refractivity contribution is 7.13. The van der Waals surface area contributed by atoms with Crippen LogP contribution in [0.3, 0.4) is 0 Å². The number of ketones is 1. The van der Waals surface area contributed by atoms with Crippen LogP contribution in [0.2, 0.25) is 0 Å². The summed E-state index contributed by atoms with van der Waals surface area (Å²) in [4.78, 5) is 29.9. The quantitative estimate of drug-likeness (QED) is 0.283. The number of aryl methyl sites for hydroxylation is 3. The second-order valence-electron chi connectivity index (χ2n) is 9.09. The predicted octanol–water partition coefficient (Wildman–Crippen LogP) is 7.27. The van der Waals surface area contributed by atoms with Crippen molar-refractivity contribution in [1.82, 2.24) is 4.98 Å². The molecule has 0 bridgehead atoms. The number of anilines is 1. The molecular formula is C30H28N2O2S. The normalized spacial score (nSPS) is 12.7. The first-order valence-electron chi connectivity index (χ1n) is 12.1. The first-order valence-corrected chi connectivity index (χ1v) is 13.0. The van der Waals surface area contributed by atoms with Crippen molar-refractivity contribution in [3.05, 3.63) is 94.4 Å². The van der Waals surface area contributed by atoms with Crippen LogP contribution in [-0.2, 0) is 17.6 Å². The molecule has 0 fully saturated rings. The third-order valence-electron chi connectivity index (χ3n) is 6.59. The van der Waals surface area contributed by atoms with Crippen LogP contribution in [0.5, 0.6) is 0 Å². The van der Waals surface area contributed by atoms with Gasteiger partial charge in [-0.1, -0.05) is 48.5 Å². The summed E-state index contributed by atoms with van der Waals surface area (Å²) < 4.78 is 0. The molecule has 0 saturated heterocycles. The lowest BCUT2D eigenvalue weighted by Crippen LogP contribution is -2.14. The van der Waals surface area contributed by atoms with Crippen LogP contribution in [0.15, 0.2) is 72.1 Å². The fourth-order valence-electron chi connectivity index (χ4n) is 4.57. The fraction of sp³-hybridized carbons (Fsp3) is 0.233. The van der Waals surface area contributed by atoms with E-state index >= 15 is 0 Å². The van der Waals surface area contributed by atoms with Gasteiger partial charge in [0.05, 0.1) is 5.69 Å². The summed E-state index contributed by atoms with van der Waals surface area (Å²) in [6, 6.07) is 21.9. The molecule has 0 spiro atoms. The largest absolute Gasteiger partial charge is 0.326 e. The zero-order chi connectivity index (χ0) is 24.2. The molecule has 5 heteroatoms. The highest BCUT2D eigenvalue weighted by atomic mass is 32.1. The molecule has 3 aromatic carbocycles. The lowest BCUT2D eigenvalue weighted by molar-refractivity contribution is -0.116. The van der Waals surface area contributed by atoms with E-state index in [0.717, 1.165) is 40.2 Å². The van der Waals surface area contributed by atoms with Gasteiger partial charge in [0.2, 0.25) is 5.91 Å². The maximum atomic E-state index is 12.6. The van der Waals surface area contributed by atoms with Crippen molar-refractivity contribution in [1.29, 1.82) is 0 Å². The molecule has 1 heterocycles. The minimum atomic E-state index is -0.153. The second kappa shape index (κ2) is 10.4. The van der Waals surface area contributed by atoms with Crippen LogP contribution < -0.4 is 5.32 Å². The van der Waals surface area contributed by atoms with E-state index in [0.29, 0.717) is 5.69 Å². The number of aromatic nitrogens is 1. The average Bonchev–Trinajstić information content (AvgIpc) is 3.38. The second-order valence-corrected chi connectivity index (χ2v) is 9.95. The van der Waals surface area contributed by atoms with Crippen LogP contribution in [-0.4, -0.2) is 16.7 Å². The molecule has 5 rings (SSSR count). The van der Waals surface area contributed by atoms with Crippen molar-refractivity contribution in [2.45, 2.75) is 45.4 Å². The molecule has 0 atom stereocenters. The number of rotatable bonds is 7. The van der Waals surface area contributed by atoms with E-state index < -0.39 is 0 Å². The van der Waals surface area contributed by atoms with Gasteiger partial charge in [0.15, 0.2) is 5.78 Å². The Morgan fingerprint density at radius 2 is 1.69 bits per heavy atom. The van der Waals surface area contributed by atoms with Crippen molar-refractivity contribution in [3.63, 3.8) is 0 Å². The van der Waals surface area contributed by atoms with Crippen LogP contribution in [0.25, 0.3) is 21.8 Å². The van der Waals surface area contributed by atoms with Gasteiger partial charge in [0, 0.05) is 40.6 Å². The summed E-state index contributed by atoms with van der Waals surface area (Å²) in [6.45, 7) is 2.09. The van der Waals surface area contributed by atoms with Gasteiger partial charge in [-0.3, -0.25) is 9.59 Å². The number of nitrogens with one attached hydrogen (secondary N) is 1. The van der Waals surface area contributed by atoms with Gasteiger partial charge in [0.25, 0.3) is 0 Å². The van der Waals surface area contributed by atoms with Gasteiger partial charge in [-0.25, -0.2) is 4.98 Å². The monoisotopic (exact) mass is 480 g/mol. The zero-order valence-corrected chi connectivity index (χ0v) is 20.7. The van der Waals surface area contributed by atoms with E-state index in [1.54, 1.807) is 11.3 Å². The number of nitrogens with zero attached hydrogens (tertiary/aromatic N) is 1. The van der Waals surface area contributed by atoms with Crippen molar-refractivity contribution < 1.29 is 9.59 Å². The van der Waals surface area contributed by atoms with E-state index in [-0.39, 0.29) is 24.5 Å². The number of thiazole rings is 1. The van der Waals surface area contributed by atoms with Crippen LogP contribution in [0, 0.1) is 6.92 Å². The Kier molecular flexibility index (Phi) is 6.87. The summed E-state index contributed by atoms with van der Waals surface area (Å²) in [5.41, 5.74) is 8.36. The molecule has 1 aliphatic rings. The Labute approximate surface area is 210 Å². The number of carbonyl (C=O) groups excluding carboxylic acids is 2. The average molecular weight is 481 g/mol. The molecule has 1 aromatic heterocycles. The first-order chi connectivity index (χ1) is 17.1. The van der Waals surface area contributed by atoms with E-state index in [4.69, 9.17) is 4.98 Å². The number of hydrogen-bond acceptors (Lipinski definition) is 4. The van der Waals surface area contributed by atoms with Gasteiger partial charge in [-0.15, -0.1) is 11.3 Å². The Morgan fingerprint density at radius 1 is 0.914 bits per heavy atom. The number of carbonyl (C=O) groups is 2. The molecule has 176 valence electrons. The number of hydrogen-bond donors (Lipinski definition) is 1. The summed E-state index contributed by atoms with van der Waals surface area (Å²) in [6.07, 6.45) is 4.93. The molecule has 0 saturated carbocycles. The molecule has 0 radical (unpaired) electrons. The summed E-state index contributed by atoms with van der Waals surface area (Å²) in [5, 5.41) is 5.96. The van der Waals surface area contributed by atoms with Crippen LogP contribution in [0.1, 0.15) is 52.7 Å². The Balaban J connectivity index is 1.17. The number of amides is 1. The third kappa shape index (κ3) is 5.41. The van der Waals surface area contributed by atoms with E-state index in [1.165, 1.54) is 29.5 Å². The lowest BCUT2D eigenvalue weighted by Gasteiger charge is -2.16. The van der Waals surface area contributed by atoms with Gasteiger partial charge in [-0.2, -0.15) is 0 Å².